The Hall–Kier alpha value is -2.75. The monoisotopic (exact) mass is 366 g/mol. The van der Waals surface area contributed by atoms with Crippen LogP contribution in [0.1, 0.15) is 10.4 Å². The van der Waals surface area contributed by atoms with Gasteiger partial charge in [-0.15, -0.1) is 10.2 Å². The average Bonchev–Trinajstić information content (AvgIpc) is 3.03. The molecule has 0 aliphatic rings. The number of nitrogens with zero attached hydrogens (tertiary/aromatic N) is 3. The standard InChI is InChI=1S/C15H18N4O5S/c1-19-8-16-18-15(19)25-7-13(20)17-10-6-12(23-3)11(22-2)5-9(10)14(21)24-4/h5-6,8H,7H2,1-4H3,(H,17,20). The topological polar surface area (TPSA) is 105 Å². The lowest BCUT2D eigenvalue weighted by Gasteiger charge is -2.14. The maximum atomic E-state index is 12.2. The summed E-state index contributed by atoms with van der Waals surface area (Å²) < 4.78 is 16.8. The van der Waals surface area contributed by atoms with Crippen molar-refractivity contribution in [2.24, 2.45) is 7.05 Å². The van der Waals surface area contributed by atoms with E-state index in [0.29, 0.717) is 16.7 Å². The number of carbonyl (C=O) groups excluding carboxylic acids is 2. The van der Waals surface area contributed by atoms with Gasteiger partial charge in [-0.25, -0.2) is 4.79 Å². The molecular formula is C15H18N4O5S. The molecule has 0 saturated heterocycles. The minimum absolute atomic E-state index is 0.0987. The van der Waals surface area contributed by atoms with Crippen LogP contribution in [-0.4, -0.2) is 53.7 Å². The fourth-order valence-corrected chi connectivity index (χ4v) is 2.67. The molecule has 1 heterocycles. The number of carbonyl (C=O) groups is 2. The normalized spacial score (nSPS) is 10.2. The van der Waals surface area contributed by atoms with Gasteiger partial charge in [0.15, 0.2) is 16.7 Å². The van der Waals surface area contributed by atoms with Gasteiger partial charge >= 0.3 is 5.97 Å². The molecule has 0 fully saturated rings. The van der Waals surface area contributed by atoms with Crippen LogP contribution in [0.4, 0.5) is 5.69 Å². The van der Waals surface area contributed by atoms with E-state index in [1.54, 1.807) is 17.9 Å². The molecule has 0 bridgehead atoms. The van der Waals surface area contributed by atoms with Crippen LogP contribution in [0.5, 0.6) is 11.5 Å². The van der Waals surface area contributed by atoms with Gasteiger partial charge in [0.2, 0.25) is 5.91 Å². The van der Waals surface area contributed by atoms with E-state index in [9.17, 15) is 9.59 Å². The number of rotatable bonds is 7. The second-order valence-corrected chi connectivity index (χ2v) is 5.75. The number of nitrogens with one attached hydrogen (secondary N) is 1. The van der Waals surface area contributed by atoms with Gasteiger partial charge in [0, 0.05) is 19.2 Å². The van der Waals surface area contributed by atoms with Crippen LogP contribution in [0, 0.1) is 0 Å². The number of aromatic nitrogens is 3. The highest BCUT2D eigenvalue weighted by molar-refractivity contribution is 7.99. The number of ether oxygens (including phenoxy) is 3. The van der Waals surface area contributed by atoms with E-state index in [-0.39, 0.29) is 22.9 Å². The van der Waals surface area contributed by atoms with E-state index in [4.69, 9.17) is 14.2 Å². The second-order valence-electron chi connectivity index (χ2n) is 4.81. The van der Waals surface area contributed by atoms with E-state index in [1.807, 2.05) is 0 Å². The van der Waals surface area contributed by atoms with Gasteiger partial charge in [0.25, 0.3) is 0 Å². The summed E-state index contributed by atoms with van der Waals surface area (Å²) in [6, 6.07) is 2.96. The van der Waals surface area contributed by atoms with Crippen LogP contribution in [0.25, 0.3) is 0 Å². The molecule has 2 aromatic rings. The molecule has 0 saturated carbocycles. The maximum absolute atomic E-state index is 12.2. The highest BCUT2D eigenvalue weighted by Crippen LogP contribution is 2.33. The zero-order valence-electron chi connectivity index (χ0n) is 14.2. The molecule has 1 aromatic heterocycles. The van der Waals surface area contributed by atoms with E-state index >= 15 is 0 Å². The quantitative estimate of drug-likeness (QED) is 0.578. The van der Waals surface area contributed by atoms with Gasteiger partial charge in [0.1, 0.15) is 6.33 Å². The van der Waals surface area contributed by atoms with Gasteiger partial charge in [-0.3, -0.25) is 4.79 Å². The van der Waals surface area contributed by atoms with Crippen molar-refractivity contribution < 1.29 is 23.8 Å². The van der Waals surface area contributed by atoms with E-state index in [1.165, 1.54) is 45.2 Å². The lowest BCUT2D eigenvalue weighted by atomic mass is 10.1. The van der Waals surface area contributed by atoms with Crippen molar-refractivity contribution >= 4 is 29.3 Å². The number of hydrogen-bond donors (Lipinski definition) is 1. The number of benzene rings is 1. The summed E-state index contributed by atoms with van der Waals surface area (Å²) in [6.07, 6.45) is 1.55. The van der Waals surface area contributed by atoms with Gasteiger partial charge in [-0.1, -0.05) is 11.8 Å². The van der Waals surface area contributed by atoms with Crippen LogP contribution < -0.4 is 14.8 Å². The first kappa shape index (κ1) is 18.6. The van der Waals surface area contributed by atoms with Gasteiger partial charge < -0.3 is 24.1 Å². The van der Waals surface area contributed by atoms with E-state index in [2.05, 4.69) is 15.5 Å². The Bertz CT molecular complexity index is 777. The fraction of sp³-hybridized carbons (Fsp3) is 0.333. The Labute approximate surface area is 148 Å². The summed E-state index contributed by atoms with van der Waals surface area (Å²) in [5.41, 5.74) is 0.435. The Morgan fingerprint density at radius 3 is 2.44 bits per heavy atom. The van der Waals surface area contributed by atoms with Crippen molar-refractivity contribution in [3.05, 3.63) is 24.0 Å². The van der Waals surface area contributed by atoms with Crippen molar-refractivity contribution in [1.29, 1.82) is 0 Å². The molecule has 134 valence electrons. The first-order chi connectivity index (χ1) is 12.0. The molecule has 2 rings (SSSR count). The number of amides is 1. The average molecular weight is 366 g/mol. The maximum Gasteiger partial charge on any atom is 0.340 e. The second kappa shape index (κ2) is 8.38. The Kier molecular flexibility index (Phi) is 6.23. The minimum atomic E-state index is -0.600. The van der Waals surface area contributed by atoms with E-state index in [0.717, 1.165) is 0 Å². The van der Waals surface area contributed by atoms with Crippen molar-refractivity contribution in [2.75, 3.05) is 32.4 Å². The molecule has 1 N–H and O–H groups in total. The summed E-state index contributed by atoms with van der Waals surface area (Å²) in [4.78, 5) is 24.2. The lowest BCUT2D eigenvalue weighted by Crippen LogP contribution is -2.17. The molecule has 0 aliphatic heterocycles. The highest BCUT2D eigenvalue weighted by Gasteiger charge is 2.19. The van der Waals surface area contributed by atoms with Crippen molar-refractivity contribution in [3.63, 3.8) is 0 Å². The molecule has 0 radical (unpaired) electrons. The molecule has 0 unspecified atom stereocenters. The number of thioether (sulfide) groups is 1. The molecule has 0 aliphatic carbocycles. The summed E-state index contributed by atoms with van der Waals surface area (Å²) in [7, 11) is 5.96. The molecule has 9 nitrogen and oxygen atoms in total. The minimum Gasteiger partial charge on any atom is -0.493 e. The molecular weight excluding hydrogens is 348 g/mol. The molecule has 10 heteroatoms. The Morgan fingerprint density at radius 2 is 1.88 bits per heavy atom. The summed E-state index contributed by atoms with van der Waals surface area (Å²) in [6.45, 7) is 0. The number of hydrogen-bond acceptors (Lipinski definition) is 8. The molecule has 1 aromatic carbocycles. The van der Waals surface area contributed by atoms with Gasteiger partial charge in [-0.2, -0.15) is 0 Å². The fourth-order valence-electron chi connectivity index (χ4n) is 1.98. The SMILES string of the molecule is COC(=O)c1cc(OC)c(OC)cc1NC(=O)CSc1nncn1C. The molecule has 0 atom stereocenters. The number of esters is 1. The van der Waals surface area contributed by atoms with Crippen LogP contribution in [-0.2, 0) is 16.6 Å². The Balaban J connectivity index is 2.19. The van der Waals surface area contributed by atoms with Crippen LogP contribution in [0.2, 0.25) is 0 Å². The number of aryl methyl sites for hydroxylation is 1. The first-order valence-corrected chi connectivity index (χ1v) is 8.09. The highest BCUT2D eigenvalue weighted by atomic mass is 32.2. The van der Waals surface area contributed by atoms with Crippen LogP contribution >= 0.6 is 11.8 Å². The first-order valence-electron chi connectivity index (χ1n) is 7.11. The summed E-state index contributed by atoms with van der Waals surface area (Å²) in [5.74, 6) is -0.0788. The zero-order valence-corrected chi connectivity index (χ0v) is 15.0. The molecule has 1 amide bonds. The molecule has 25 heavy (non-hydrogen) atoms. The summed E-state index contributed by atoms with van der Waals surface area (Å²) in [5, 5.41) is 10.9. The molecule has 0 spiro atoms. The Morgan fingerprint density at radius 1 is 1.20 bits per heavy atom. The summed E-state index contributed by atoms with van der Waals surface area (Å²) >= 11 is 1.22. The van der Waals surface area contributed by atoms with Crippen LogP contribution in [0.15, 0.2) is 23.6 Å². The predicted molar refractivity (Wildman–Crippen MR) is 91.2 cm³/mol. The number of methoxy groups -OCH3 is 3. The third-order valence-electron chi connectivity index (χ3n) is 3.21. The van der Waals surface area contributed by atoms with Crippen LogP contribution in [0.3, 0.4) is 0 Å². The zero-order chi connectivity index (χ0) is 18.4. The predicted octanol–water partition coefficient (Wildman–Crippen LogP) is 1.35. The third kappa shape index (κ3) is 4.41. The smallest absolute Gasteiger partial charge is 0.340 e. The third-order valence-corrected chi connectivity index (χ3v) is 4.24. The van der Waals surface area contributed by atoms with Gasteiger partial charge in [-0.05, 0) is 0 Å². The van der Waals surface area contributed by atoms with Crippen molar-refractivity contribution in [2.45, 2.75) is 5.16 Å². The lowest BCUT2D eigenvalue weighted by molar-refractivity contribution is -0.113. The largest absolute Gasteiger partial charge is 0.493 e. The van der Waals surface area contributed by atoms with Gasteiger partial charge in [0.05, 0.1) is 38.3 Å². The van der Waals surface area contributed by atoms with Crippen molar-refractivity contribution in [3.8, 4) is 11.5 Å². The van der Waals surface area contributed by atoms with Crippen molar-refractivity contribution in [1.82, 2.24) is 14.8 Å². The number of anilines is 1. The van der Waals surface area contributed by atoms with E-state index < -0.39 is 5.97 Å².